The van der Waals surface area contributed by atoms with Gasteiger partial charge in [-0.15, -0.1) is 0 Å². The lowest BCUT2D eigenvalue weighted by Crippen LogP contribution is -2.44. The number of benzene rings is 2. The monoisotopic (exact) mass is 426 g/mol. The van der Waals surface area contributed by atoms with Crippen LogP contribution in [0.3, 0.4) is 0 Å². The fraction of sp³-hybridized carbons (Fsp3) is 0.429. The Kier molecular flexibility index (Phi) is 4.71. The molecule has 2 aromatic carbocycles. The van der Waals surface area contributed by atoms with E-state index in [1.807, 2.05) is 0 Å². The molecule has 0 bridgehead atoms. The molecule has 32 heavy (non-hydrogen) atoms. The van der Waals surface area contributed by atoms with Crippen molar-refractivity contribution in [2.75, 3.05) is 52.4 Å². The summed E-state index contributed by atoms with van der Waals surface area (Å²) in [5.74, 6) is 0. The van der Waals surface area contributed by atoms with E-state index >= 15 is 0 Å². The Bertz CT molecular complexity index is 1020. The Morgan fingerprint density at radius 2 is 1.28 bits per heavy atom. The van der Waals surface area contributed by atoms with Crippen molar-refractivity contribution in [3.63, 3.8) is 0 Å². The molecule has 4 N–H and O–H groups in total. The largest absolute Gasteiger partial charge is 0.329 e. The van der Waals surface area contributed by atoms with Crippen LogP contribution in [0.1, 0.15) is 17.5 Å². The lowest BCUT2D eigenvalue weighted by molar-refractivity contribution is 0.311. The SMILES string of the molecule is NCCN1CCC2(C=CC3(C=C2)CN(CCN)CC32c3ccccc3-c3ccccc32)C1. The molecular weight excluding hydrogens is 392 g/mol. The van der Waals surface area contributed by atoms with E-state index in [-0.39, 0.29) is 16.2 Å². The van der Waals surface area contributed by atoms with E-state index in [2.05, 4.69) is 82.6 Å². The van der Waals surface area contributed by atoms with E-state index in [4.69, 9.17) is 11.5 Å². The van der Waals surface area contributed by atoms with Crippen LogP contribution in [-0.2, 0) is 5.41 Å². The summed E-state index contributed by atoms with van der Waals surface area (Å²) in [6.45, 7) is 7.60. The first kappa shape index (κ1) is 20.4. The van der Waals surface area contributed by atoms with Crippen LogP contribution < -0.4 is 11.5 Å². The molecular formula is C28H34N4. The number of likely N-dealkylation sites (tertiary alicyclic amines) is 2. The molecule has 3 spiro atoms. The van der Waals surface area contributed by atoms with Crippen LogP contribution in [0.15, 0.2) is 72.8 Å². The van der Waals surface area contributed by atoms with Crippen molar-refractivity contribution < 1.29 is 0 Å². The third-order valence-corrected chi connectivity index (χ3v) is 8.53. The average molecular weight is 427 g/mol. The Morgan fingerprint density at radius 3 is 1.91 bits per heavy atom. The zero-order chi connectivity index (χ0) is 21.8. The summed E-state index contributed by atoms with van der Waals surface area (Å²) >= 11 is 0. The molecule has 166 valence electrons. The van der Waals surface area contributed by atoms with Gasteiger partial charge in [0.15, 0.2) is 0 Å². The van der Waals surface area contributed by atoms with E-state index in [1.165, 1.54) is 28.7 Å². The van der Waals surface area contributed by atoms with Gasteiger partial charge in [-0.1, -0.05) is 72.8 Å². The molecule has 2 fully saturated rings. The second-order valence-electron chi connectivity index (χ2n) is 10.3. The fourth-order valence-electron chi connectivity index (χ4n) is 7.10. The summed E-state index contributed by atoms with van der Waals surface area (Å²) in [6.07, 6.45) is 11.4. The minimum absolute atomic E-state index is 0.0581. The van der Waals surface area contributed by atoms with Gasteiger partial charge in [0.1, 0.15) is 0 Å². The molecule has 4 heteroatoms. The second-order valence-corrected chi connectivity index (χ2v) is 10.3. The van der Waals surface area contributed by atoms with E-state index in [0.29, 0.717) is 6.54 Å². The van der Waals surface area contributed by atoms with Gasteiger partial charge in [-0.05, 0) is 35.2 Å². The predicted octanol–water partition coefficient (Wildman–Crippen LogP) is 2.99. The number of hydrogen-bond acceptors (Lipinski definition) is 4. The molecule has 0 atom stereocenters. The minimum Gasteiger partial charge on any atom is -0.329 e. The number of fused-ring (bicyclic) bond motifs is 6. The third kappa shape index (κ3) is 2.70. The van der Waals surface area contributed by atoms with Crippen molar-refractivity contribution in [1.29, 1.82) is 0 Å². The highest BCUT2D eigenvalue weighted by molar-refractivity contribution is 5.83. The number of rotatable bonds is 4. The van der Waals surface area contributed by atoms with Crippen LogP contribution in [0.2, 0.25) is 0 Å². The molecule has 6 rings (SSSR count). The normalized spacial score (nSPS) is 30.1. The predicted molar refractivity (Wildman–Crippen MR) is 131 cm³/mol. The summed E-state index contributed by atoms with van der Waals surface area (Å²) in [4.78, 5) is 5.10. The van der Waals surface area contributed by atoms with Gasteiger partial charge in [0.25, 0.3) is 0 Å². The maximum Gasteiger partial charge on any atom is 0.0479 e. The molecule has 0 aromatic heterocycles. The first-order chi connectivity index (χ1) is 15.7. The van der Waals surface area contributed by atoms with E-state index in [9.17, 15) is 0 Å². The van der Waals surface area contributed by atoms with Gasteiger partial charge in [0.05, 0.1) is 0 Å². The first-order valence-electron chi connectivity index (χ1n) is 12.1. The van der Waals surface area contributed by atoms with Crippen LogP contribution >= 0.6 is 0 Å². The van der Waals surface area contributed by atoms with Crippen molar-refractivity contribution in [2.24, 2.45) is 22.3 Å². The summed E-state index contributed by atoms with van der Waals surface area (Å²) in [5, 5.41) is 0. The summed E-state index contributed by atoms with van der Waals surface area (Å²) in [7, 11) is 0. The lowest BCUT2D eigenvalue weighted by atomic mass is 9.57. The van der Waals surface area contributed by atoms with Crippen molar-refractivity contribution in [3.05, 3.63) is 84.0 Å². The minimum atomic E-state index is -0.0699. The van der Waals surface area contributed by atoms with Crippen molar-refractivity contribution >= 4 is 0 Å². The van der Waals surface area contributed by atoms with Gasteiger partial charge in [0, 0.05) is 62.1 Å². The summed E-state index contributed by atoms with van der Waals surface area (Å²) < 4.78 is 0. The standard InChI is InChI=1S/C28H34N4/c29-14-17-31-16-13-26(19-31)9-11-27(12-10-26)20-32(18-15-30)21-28(27)24-7-3-1-5-22(24)23-6-2-4-8-25(23)28/h1-12H,13-21,29-30H2. The van der Waals surface area contributed by atoms with Gasteiger partial charge in [-0.25, -0.2) is 0 Å². The topological polar surface area (TPSA) is 58.5 Å². The molecule has 2 aliphatic carbocycles. The number of nitrogens with two attached hydrogens (primary N) is 2. The van der Waals surface area contributed by atoms with Crippen LogP contribution in [0.25, 0.3) is 11.1 Å². The highest BCUT2D eigenvalue weighted by Crippen LogP contribution is 2.63. The first-order valence-corrected chi connectivity index (χ1v) is 12.1. The van der Waals surface area contributed by atoms with Gasteiger partial charge in [0.2, 0.25) is 0 Å². The average Bonchev–Trinajstić information content (AvgIpc) is 3.45. The third-order valence-electron chi connectivity index (χ3n) is 8.53. The molecule has 0 saturated carbocycles. The molecule has 2 aromatic rings. The molecule has 0 radical (unpaired) electrons. The quantitative estimate of drug-likeness (QED) is 0.738. The lowest BCUT2D eigenvalue weighted by Gasteiger charge is -2.44. The van der Waals surface area contributed by atoms with Crippen LogP contribution in [0, 0.1) is 10.8 Å². The smallest absolute Gasteiger partial charge is 0.0479 e. The van der Waals surface area contributed by atoms with Crippen molar-refractivity contribution in [1.82, 2.24) is 9.80 Å². The molecule has 2 heterocycles. The van der Waals surface area contributed by atoms with E-state index in [1.54, 1.807) is 0 Å². The van der Waals surface area contributed by atoms with Crippen LogP contribution in [0.4, 0.5) is 0 Å². The fourth-order valence-corrected chi connectivity index (χ4v) is 7.10. The Morgan fingerprint density at radius 1 is 0.688 bits per heavy atom. The highest BCUT2D eigenvalue weighted by Gasteiger charge is 2.61. The molecule has 2 aliphatic heterocycles. The zero-order valence-electron chi connectivity index (χ0n) is 18.8. The van der Waals surface area contributed by atoms with Crippen LogP contribution in [0.5, 0.6) is 0 Å². The number of hydrogen-bond donors (Lipinski definition) is 2. The Labute approximate surface area is 191 Å². The Hall–Kier alpha value is -2.24. The van der Waals surface area contributed by atoms with Gasteiger partial charge in [-0.3, -0.25) is 4.90 Å². The van der Waals surface area contributed by atoms with Gasteiger partial charge in [-0.2, -0.15) is 0 Å². The molecule has 0 unspecified atom stereocenters. The van der Waals surface area contributed by atoms with E-state index in [0.717, 1.165) is 45.8 Å². The maximum atomic E-state index is 6.05. The van der Waals surface area contributed by atoms with Gasteiger partial charge >= 0.3 is 0 Å². The second kappa shape index (κ2) is 7.39. The van der Waals surface area contributed by atoms with Crippen molar-refractivity contribution in [2.45, 2.75) is 11.8 Å². The highest BCUT2D eigenvalue weighted by atomic mass is 15.2. The van der Waals surface area contributed by atoms with Crippen LogP contribution in [-0.4, -0.2) is 62.2 Å². The molecule has 4 aliphatic rings. The molecule has 2 saturated heterocycles. The van der Waals surface area contributed by atoms with Crippen molar-refractivity contribution in [3.8, 4) is 11.1 Å². The molecule has 0 amide bonds. The number of nitrogens with zero attached hydrogens (tertiary/aromatic N) is 2. The molecule has 4 nitrogen and oxygen atoms in total. The van der Waals surface area contributed by atoms with E-state index < -0.39 is 0 Å². The Balaban J connectivity index is 1.48. The summed E-state index contributed by atoms with van der Waals surface area (Å²) in [5.41, 5.74) is 17.7. The maximum absolute atomic E-state index is 6.05. The van der Waals surface area contributed by atoms with Gasteiger partial charge < -0.3 is 16.4 Å². The zero-order valence-corrected chi connectivity index (χ0v) is 18.8. The summed E-state index contributed by atoms with van der Waals surface area (Å²) in [6, 6.07) is 18.1.